The van der Waals surface area contributed by atoms with Gasteiger partial charge in [0.25, 0.3) is 0 Å². The highest BCUT2D eigenvalue weighted by Crippen LogP contribution is 2.42. The molecule has 0 aliphatic rings. The highest BCUT2D eigenvalue weighted by atomic mass is 31.2. The molecule has 0 fully saturated rings. The summed E-state index contributed by atoms with van der Waals surface area (Å²) in [6.45, 7) is 4.00. The topological polar surface area (TPSA) is 17.1 Å². The van der Waals surface area contributed by atoms with Crippen molar-refractivity contribution < 1.29 is 8.96 Å². The van der Waals surface area contributed by atoms with Gasteiger partial charge in [0.2, 0.25) is 0 Å². The molecule has 1 nitrogen and oxygen atoms in total. The Bertz CT molecular complexity index is 732. The van der Waals surface area contributed by atoms with E-state index in [1.807, 2.05) is 62.4 Å². The number of hydrogen-bond acceptors (Lipinski definition) is 1. The summed E-state index contributed by atoms with van der Waals surface area (Å²) in [4.78, 5) is 0. The zero-order chi connectivity index (χ0) is 16.4. The molecular formula is C20H18FOP. The maximum Gasteiger partial charge on any atom is 0.171 e. The molecule has 3 aromatic rings. The van der Waals surface area contributed by atoms with Gasteiger partial charge in [-0.1, -0.05) is 59.7 Å². The Hall–Kier alpha value is -2.18. The minimum absolute atomic E-state index is 0.326. The first kappa shape index (κ1) is 15.7. The quantitative estimate of drug-likeness (QED) is 0.664. The second kappa shape index (κ2) is 6.14. The van der Waals surface area contributed by atoms with Crippen LogP contribution in [0, 0.1) is 19.7 Å². The average Bonchev–Trinajstić information content (AvgIpc) is 2.56. The van der Waals surface area contributed by atoms with E-state index in [2.05, 4.69) is 0 Å². The van der Waals surface area contributed by atoms with E-state index < -0.39 is 7.14 Å². The Morgan fingerprint density at radius 1 is 0.609 bits per heavy atom. The van der Waals surface area contributed by atoms with Crippen LogP contribution in [0.2, 0.25) is 0 Å². The van der Waals surface area contributed by atoms with E-state index >= 15 is 0 Å². The van der Waals surface area contributed by atoms with Crippen molar-refractivity contribution in [2.45, 2.75) is 13.8 Å². The Labute approximate surface area is 136 Å². The molecule has 0 aliphatic heterocycles. The third kappa shape index (κ3) is 3.00. The summed E-state index contributed by atoms with van der Waals surface area (Å²) in [6.07, 6.45) is 0. The monoisotopic (exact) mass is 324 g/mol. The summed E-state index contributed by atoms with van der Waals surface area (Å²) < 4.78 is 27.3. The van der Waals surface area contributed by atoms with E-state index in [0.717, 1.165) is 21.7 Å². The predicted octanol–water partition coefficient (Wildman–Crippen LogP) is 4.08. The Morgan fingerprint density at radius 2 is 0.913 bits per heavy atom. The van der Waals surface area contributed by atoms with Crippen molar-refractivity contribution in [2.75, 3.05) is 0 Å². The van der Waals surface area contributed by atoms with Gasteiger partial charge in [-0.05, 0) is 38.1 Å². The lowest BCUT2D eigenvalue weighted by atomic mass is 10.2. The largest absolute Gasteiger partial charge is 0.309 e. The van der Waals surface area contributed by atoms with Gasteiger partial charge in [-0.15, -0.1) is 0 Å². The molecule has 0 atom stereocenters. The fourth-order valence-electron chi connectivity index (χ4n) is 2.61. The van der Waals surface area contributed by atoms with Gasteiger partial charge >= 0.3 is 0 Å². The third-order valence-corrected chi connectivity index (χ3v) is 7.06. The molecule has 0 spiro atoms. The van der Waals surface area contributed by atoms with E-state index in [0.29, 0.717) is 5.30 Å². The van der Waals surface area contributed by atoms with Crippen LogP contribution in [-0.4, -0.2) is 0 Å². The van der Waals surface area contributed by atoms with Crippen LogP contribution in [0.25, 0.3) is 0 Å². The molecule has 0 saturated carbocycles. The van der Waals surface area contributed by atoms with Crippen molar-refractivity contribution in [1.82, 2.24) is 0 Å². The maximum absolute atomic E-state index is 14.0. The van der Waals surface area contributed by atoms with Crippen LogP contribution in [0.3, 0.4) is 0 Å². The van der Waals surface area contributed by atoms with Gasteiger partial charge in [-0.2, -0.15) is 0 Å². The number of rotatable bonds is 3. The summed E-state index contributed by atoms with van der Waals surface area (Å²) in [5.74, 6) is -0.326. The van der Waals surface area contributed by atoms with Gasteiger partial charge < -0.3 is 4.57 Å². The molecule has 0 amide bonds. The van der Waals surface area contributed by atoms with E-state index in [9.17, 15) is 8.96 Å². The first-order valence-electron chi connectivity index (χ1n) is 7.51. The van der Waals surface area contributed by atoms with Crippen LogP contribution < -0.4 is 15.9 Å². The molecular weight excluding hydrogens is 306 g/mol. The van der Waals surface area contributed by atoms with Crippen LogP contribution in [0.5, 0.6) is 0 Å². The zero-order valence-corrected chi connectivity index (χ0v) is 14.1. The second-order valence-corrected chi connectivity index (χ2v) is 8.52. The number of aryl methyl sites for hydroxylation is 2. The molecule has 0 bridgehead atoms. The van der Waals surface area contributed by atoms with Gasteiger partial charge in [0.15, 0.2) is 7.14 Å². The van der Waals surface area contributed by atoms with Gasteiger partial charge in [0, 0.05) is 15.9 Å². The number of hydrogen-bond donors (Lipinski definition) is 0. The molecule has 0 heterocycles. The second-order valence-electron chi connectivity index (χ2n) is 5.76. The van der Waals surface area contributed by atoms with Crippen LogP contribution in [-0.2, 0) is 4.57 Å². The Kier molecular flexibility index (Phi) is 4.19. The van der Waals surface area contributed by atoms with E-state index in [1.165, 1.54) is 12.1 Å². The van der Waals surface area contributed by atoms with Crippen molar-refractivity contribution in [3.8, 4) is 0 Å². The molecule has 0 radical (unpaired) electrons. The van der Waals surface area contributed by atoms with Crippen molar-refractivity contribution >= 4 is 23.1 Å². The lowest BCUT2D eigenvalue weighted by Crippen LogP contribution is -2.25. The van der Waals surface area contributed by atoms with Gasteiger partial charge in [0.1, 0.15) is 5.82 Å². The molecule has 0 unspecified atom stereocenters. The lowest BCUT2D eigenvalue weighted by molar-refractivity contribution is 0.592. The Morgan fingerprint density at radius 3 is 1.26 bits per heavy atom. The molecule has 0 aromatic heterocycles. The highest BCUT2D eigenvalue weighted by Gasteiger charge is 2.29. The number of halogens is 1. The lowest BCUT2D eigenvalue weighted by Gasteiger charge is -2.20. The summed E-state index contributed by atoms with van der Waals surface area (Å²) in [7, 11) is -3.00. The molecule has 116 valence electrons. The minimum atomic E-state index is -3.00. The van der Waals surface area contributed by atoms with Crippen molar-refractivity contribution in [3.05, 3.63) is 89.7 Å². The van der Waals surface area contributed by atoms with Gasteiger partial charge in [-0.25, -0.2) is 4.39 Å². The molecule has 0 saturated heterocycles. The minimum Gasteiger partial charge on any atom is -0.309 e. The highest BCUT2D eigenvalue weighted by molar-refractivity contribution is 7.85. The summed E-state index contributed by atoms with van der Waals surface area (Å²) in [5, 5.41) is 2.17. The van der Waals surface area contributed by atoms with Crippen LogP contribution in [0.1, 0.15) is 11.1 Å². The van der Waals surface area contributed by atoms with E-state index in [-0.39, 0.29) is 5.82 Å². The molecule has 23 heavy (non-hydrogen) atoms. The molecule has 0 aliphatic carbocycles. The SMILES string of the molecule is Cc1ccc(P(=O)(c2ccc(C)cc2)c2ccc(F)cc2)cc1. The summed E-state index contributed by atoms with van der Waals surface area (Å²) in [5.41, 5.74) is 2.23. The normalized spacial score (nSPS) is 11.4. The summed E-state index contributed by atoms with van der Waals surface area (Å²) in [6, 6.07) is 21.4. The first-order valence-corrected chi connectivity index (χ1v) is 9.21. The molecule has 0 N–H and O–H groups in total. The fraction of sp³-hybridized carbons (Fsp3) is 0.100. The van der Waals surface area contributed by atoms with E-state index in [1.54, 1.807) is 12.1 Å². The van der Waals surface area contributed by atoms with Gasteiger partial charge in [-0.3, -0.25) is 0 Å². The molecule has 3 aromatic carbocycles. The third-order valence-electron chi connectivity index (χ3n) is 3.99. The molecule has 3 heteroatoms. The van der Waals surface area contributed by atoms with E-state index in [4.69, 9.17) is 0 Å². The van der Waals surface area contributed by atoms with Gasteiger partial charge in [0.05, 0.1) is 0 Å². The maximum atomic E-state index is 14.0. The predicted molar refractivity (Wildman–Crippen MR) is 95.3 cm³/mol. The summed E-state index contributed by atoms with van der Waals surface area (Å²) >= 11 is 0. The average molecular weight is 324 g/mol. The Balaban J connectivity index is 2.24. The number of benzene rings is 3. The first-order chi connectivity index (χ1) is 11.0. The smallest absolute Gasteiger partial charge is 0.171 e. The standard InChI is InChI=1S/C20H18FOP/c1-15-3-9-18(10-4-15)23(22,19-11-5-16(2)6-12-19)20-13-7-17(21)8-14-20/h3-14H,1-2H3. The van der Waals surface area contributed by atoms with Crippen LogP contribution in [0.4, 0.5) is 4.39 Å². The molecule has 3 rings (SSSR count). The van der Waals surface area contributed by atoms with Crippen LogP contribution >= 0.6 is 7.14 Å². The zero-order valence-electron chi connectivity index (χ0n) is 13.2. The van der Waals surface area contributed by atoms with Crippen LogP contribution in [0.15, 0.2) is 72.8 Å². The fourth-order valence-corrected chi connectivity index (χ4v) is 5.21. The van der Waals surface area contributed by atoms with Crippen molar-refractivity contribution in [1.29, 1.82) is 0 Å². The van der Waals surface area contributed by atoms with Crippen molar-refractivity contribution in [2.24, 2.45) is 0 Å². The van der Waals surface area contributed by atoms with Crippen molar-refractivity contribution in [3.63, 3.8) is 0 Å².